The molecule has 1 fully saturated rings. The number of nitrogens with two attached hydrogens (primary N) is 1. The minimum Gasteiger partial charge on any atom is -0.382 e. The minimum absolute atomic E-state index is 0.112. The van der Waals surface area contributed by atoms with Crippen molar-refractivity contribution in [2.45, 2.75) is 31.3 Å². The van der Waals surface area contributed by atoms with E-state index >= 15 is 0 Å². The third kappa shape index (κ3) is 3.22. The van der Waals surface area contributed by atoms with E-state index in [0.717, 1.165) is 18.9 Å². The number of benzene rings is 1. The summed E-state index contributed by atoms with van der Waals surface area (Å²) in [7, 11) is 1.67. The number of aromatic nitrogens is 4. The van der Waals surface area contributed by atoms with Crippen LogP contribution in [-0.2, 0) is 7.05 Å². The van der Waals surface area contributed by atoms with E-state index in [9.17, 15) is 13.9 Å². The lowest BCUT2D eigenvalue weighted by Crippen LogP contribution is -2.20. The highest BCUT2D eigenvalue weighted by atomic mass is 19.1. The van der Waals surface area contributed by atoms with Gasteiger partial charge in [-0.05, 0) is 43.7 Å². The molecule has 8 heteroatoms. The zero-order valence-electron chi connectivity index (χ0n) is 14.6. The summed E-state index contributed by atoms with van der Waals surface area (Å²) >= 11 is 0. The number of fused-ring (bicyclic) bond motifs is 1. The number of hydrogen-bond donors (Lipinski definition) is 2. The van der Waals surface area contributed by atoms with E-state index in [-0.39, 0.29) is 17.2 Å². The number of hydrogen-bond acceptors (Lipinski definition) is 5. The van der Waals surface area contributed by atoms with Crippen LogP contribution in [0.25, 0.3) is 22.6 Å². The van der Waals surface area contributed by atoms with Crippen molar-refractivity contribution < 1.29 is 13.9 Å². The van der Waals surface area contributed by atoms with Gasteiger partial charge in [0.25, 0.3) is 0 Å². The molecule has 6 nitrogen and oxygen atoms in total. The highest BCUT2D eigenvalue weighted by Crippen LogP contribution is 2.29. The molecule has 138 valence electrons. The van der Waals surface area contributed by atoms with Crippen LogP contribution in [0.15, 0.2) is 18.2 Å². The van der Waals surface area contributed by atoms with Gasteiger partial charge >= 0.3 is 0 Å². The molecule has 1 aliphatic rings. The van der Waals surface area contributed by atoms with Gasteiger partial charge in [0.15, 0.2) is 17.0 Å². The molecule has 0 radical (unpaired) electrons. The highest BCUT2D eigenvalue weighted by Gasteiger charge is 2.28. The second-order valence-electron chi connectivity index (χ2n) is 6.75. The third-order valence-corrected chi connectivity index (χ3v) is 4.70. The van der Waals surface area contributed by atoms with Gasteiger partial charge in [-0.2, -0.15) is 0 Å². The molecule has 2 aromatic heterocycles. The first-order valence-electron chi connectivity index (χ1n) is 8.57. The van der Waals surface area contributed by atoms with Gasteiger partial charge in [0.1, 0.15) is 23.1 Å². The van der Waals surface area contributed by atoms with Crippen LogP contribution in [0.3, 0.4) is 0 Å². The molecule has 1 saturated carbocycles. The van der Waals surface area contributed by atoms with E-state index in [0.29, 0.717) is 29.8 Å². The molecule has 0 saturated heterocycles. The fourth-order valence-corrected chi connectivity index (χ4v) is 3.34. The van der Waals surface area contributed by atoms with E-state index in [1.165, 1.54) is 12.1 Å². The average molecular weight is 369 g/mol. The van der Waals surface area contributed by atoms with Crippen molar-refractivity contribution in [3.05, 3.63) is 35.7 Å². The maximum Gasteiger partial charge on any atom is 0.209 e. The molecule has 0 aliphatic heterocycles. The highest BCUT2D eigenvalue weighted by molar-refractivity contribution is 5.85. The molecule has 1 aromatic carbocycles. The number of imidazole rings is 1. The minimum atomic E-state index is -1.01. The summed E-state index contributed by atoms with van der Waals surface area (Å²) in [4.78, 5) is 12.8. The average Bonchev–Trinajstić information content (AvgIpc) is 3.18. The lowest BCUT2D eigenvalue weighted by atomic mass is 10.0. The molecule has 0 amide bonds. The fourth-order valence-electron chi connectivity index (χ4n) is 3.34. The van der Waals surface area contributed by atoms with Gasteiger partial charge in [-0.15, -0.1) is 0 Å². The Hall–Kier alpha value is -3.05. The Bertz CT molecular complexity index is 1090. The summed E-state index contributed by atoms with van der Waals surface area (Å²) in [5.41, 5.74) is 5.96. The van der Waals surface area contributed by atoms with Gasteiger partial charge < -0.3 is 15.4 Å². The van der Waals surface area contributed by atoms with E-state index in [1.807, 2.05) is 0 Å². The molecular weight excluding hydrogens is 352 g/mol. The SMILES string of the molecule is Cn1c(-c2cc(F)cc(F)c2)nc2c(N)nc(C#CC3(O)CCCC3)nc21. The van der Waals surface area contributed by atoms with Crippen LogP contribution in [-0.4, -0.2) is 30.2 Å². The second kappa shape index (κ2) is 6.28. The number of aliphatic hydroxyl groups is 1. The van der Waals surface area contributed by atoms with Gasteiger partial charge in [0.05, 0.1) is 0 Å². The van der Waals surface area contributed by atoms with Crippen molar-refractivity contribution in [1.82, 2.24) is 19.5 Å². The number of aryl methyl sites for hydroxylation is 1. The molecule has 27 heavy (non-hydrogen) atoms. The van der Waals surface area contributed by atoms with Crippen LogP contribution in [0.1, 0.15) is 31.5 Å². The number of nitrogens with zero attached hydrogens (tertiary/aromatic N) is 4. The monoisotopic (exact) mass is 369 g/mol. The van der Waals surface area contributed by atoms with Crippen LogP contribution in [0.4, 0.5) is 14.6 Å². The van der Waals surface area contributed by atoms with Crippen molar-refractivity contribution in [2.24, 2.45) is 7.05 Å². The van der Waals surface area contributed by atoms with Crippen molar-refractivity contribution in [3.63, 3.8) is 0 Å². The molecule has 0 atom stereocenters. The second-order valence-corrected chi connectivity index (χ2v) is 6.75. The van der Waals surface area contributed by atoms with Crippen LogP contribution in [0.2, 0.25) is 0 Å². The molecule has 3 N–H and O–H groups in total. The summed E-state index contributed by atoms with van der Waals surface area (Å²) in [5, 5.41) is 10.3. The van der Waals surface area contributed by atoms with E-state index in [2.05, 4.69) is 26.8 Å². The lowest BCUT2D eigenvalue weighted by Gasteiger charge is -2.12. The molecule has 0 bridgehead atoms. The van der Waals surface area contributed by atoms with Crippen LogP contribution < -0.4 is 5.73 Å². The van der Waals surface area contributed by atoms with E-state index in [4.69, 9.17) is 5.73 Å². The summed E-state index contributed by atoms with van der Waals surface area (Å²) in [6.07, 6.45) is 3.11. The molecule has 2 heterocycles. The first-order valence-corrected chi connectivity index (χ1v) is 8.57. The van der Waals surface area contributed by atoms with Crippen molar-refractivity contribution in [2.75, 3.05) is 5.73 Å². The molecule has 3 aromatic rings. The molecular formula is C19H17F2N5O. The Labute approximate surface area is 154 Å². The quantitative estimate of drug-likeness (QED) is 0.644. The van der Waals surface area contributed by atoms with Crippen LogP contribution >= 0.6 is 0 Å². The smallest absolute Gasteiger partial charge is 0.209 e. The normalized spacial score (nSPS) is 15.7. The van der Waals surface area contributed by atoms with Gasteiger partial charge in [0, 0.05) is 18.7 Å². The van der Waals surface area contributed by atoms with Gasteiger partial charge in [-0.1, -0.05) is 5.92 Å². The van der Waals surface area contributed by atoms with Gasteiger partial charge in [-0.25, -0.2) is 23.7 Å². The summed E-state index contributed by atoms with van der Waals surface area (Å²) in [6, 6.07) is 3.16. The predicted octanol–water partition coefficient (Wildman–Crippen LogP) is 2.55. The topological polar surface area (TPSA) is 89.9 Å². The number of nitrogen functional groups attached to an aromatic ring is 1. The maximum absolute atomic E-state index is 13.6. The Morgan fingerprint density at radius 1 is 1.11 bits per heavy atom. The Morgan fingerprint density at radius 2 is 1.78 bits per heavy atom. The van der Waals surface area contributed by atoms with Gasteiger partial charge in [-0.3, -0.25) is 0 Å². The Morgan fingerprint density at radius 3 is 2.44 bits per heavy atom. The van der Waals surface area contributed by atoms with E-state index in [1.54, 1.807) is 11.6 Å². The zero-order chi connectivity index (χ0) is 19.2. The van der Waals surface area contributed by atoms with Crippen molar-refractivity contribution in [3.8, 4) is 23.2 Å². The predicted molar refractivity (Wildman–Crippen MR) is 96.4 cm³/mol. The summed E-state index contributed by atoms with van der Waals surface area (Å²) in [6.45, 7) is 0. The number of anilines is 1. The van der Waals surface area contributed by atoms with Gasteiger partial charge in [0.2, 0.25) is 5.82 Å². The molecule has 0 spiro atoms. The van der Waals surface area contributed by atoms with Crippen molar-refractivity contribution >= 4 is 17.0 Å². The number of rotatable bonds is 1. The first kappa shape index (κ1) is 17.4. The van der Waals surface area contributed by atoms with E-state index < -0.39 is 17.2 Å². The summed E-state index contributed by atoms with van der Waals surface area (Å²) in [5.74, 6) is 4.81. The Kier molecular flexibility index (Phi) is 4.04. The lowest BCUT2D eigenvalue weighted by molar-refractivity contribution is 0.110. The standard InChI is InChI=1S/C19H17F2N5O/c1-26-17(11-8-12(20)10-13(21)9-11)25-15-16(22)23-14(24-18(15)26)4-7-19(27)5-2-3-6-19/h8-10,27H,2-3,5-6H2,1H3,(H2,22,23,24). The maximum atomic E-state index is 13.6. The van der Waals surface area contributed by atoms with Crippen molar-refractivity contribution in [1.29, 1.82) is 0 Å². The number of halogens is 2. The zero-order valence-corrected chi connectivity index (χ0v) is 14.6. The van der Waals surface area contributed by atoms with Crippen LogP contribution in [0.5, 0.6) is 0 Å². The molecule has 0 unspecified atom stereocenters. The fraction of sp³-hybridized carbons (Fsp3) is 0.316. The largest absolute Gasteiger partial charge is 0.382 e. The molecule has 1 aliphatic carbocycles. The Balaban J connectivity index is 1.81. The molecule has 4 rings (SSSR count). The third-order valence-electron chi connectivity index (χ3n) is 4.70. The van der Waals surface area contributed by atoms with Crippen LogP contribution in [0, 0.1) is 23.5 Å². The first-order chi connectivity index (χ1) is 12.8. The summed E-state index contributed by atoms with van der Waals surface area (Å²) < 4.78 is 28.7.